The molecule has 0 bridgehead atoms. The fraction of sp³-hybridized carbons (Fsp3) is 0.760. The van der Waals surface area contributed by atoms with Gasteiger partial charge in [-0.25, -0.2) is 0 Å². The van der Waals surface area contributed by atoms with Crippen molar-refractivity contribution < 1.29 is 0 Å². The van der Waals surface area contributed by atoms with Crippen LogP contribution in [-0.2, 0) is 19.3 Å². The minimum atomic E-state index is -0.114. The molecular formula is C25H41B. The van der Waals surface area contributed by atoms with E-state index in [9.17, 15) is 0 Å². The summed E-state index contributed by atoms with van der Waals surface area (Å²) in [6.07, 6.45) is 6.90. The molecule has 0 amide bonds. The number of fused-ring (bicyclic) bond motifs is 1. The number of hydrogen-bond donors (Lipinski definition) is 0. The summed E-state index contributed by atoms with van der Waals surface area (Å²) in [5.74, 6) is 0.549. The lowest BCUT2D eigenvalue weighted by Crippen LogP contribution is -2.23. The first-order chi connectivity index (χ1) is 11.8. The normalized spacial score (nSPS) is 21.2. The predicted molar refractivity (Wildman–Crippen MR) is 118 cm³/mol. The largest absolute Gasteiger partial charge is 0.0747 e. The minimum absolute atomic E-state index is 0.114. The van der Waals surface area contributed by atoms with Crippen LogP contribution in [0.2, 0.25) is 5.31 Å². The van der Waals surface area contributed by atoms with Crippen LogP contribution in [0, 0.1) is 17.8 Å². The van der Waals surface area contributed by atoms with Crippen molar-refractivity contribution in [3.05, 3.63) is 33.9 Å². The van der Waals surface area contributed by atoms with Crippen LogP contribution < -0.4 is 0 Å². The molecule has 0 nitrogen and oxygen atoms in total. The molecule has 1 aromatic carbocycles. The standard InChI is InChI=1S/C25H41B/c1-10-11-25(9,26)15-20-18(4)12-19-13-23(5,6)16-24(7,8)14-21(19)22(20)17(2)3/h12,17H,10-11,13-16H2,1-9H3. The highest BCUT2D eigenvalue weighted by atomic mass is 14.4. The second kappa shape index (κ2) is 7.36. The van der Waals surface area contributed by atoms with Gasteiger partial charge in [0.25, 0.3) is 0 Å². The fourth-order valence-corrected chi connectivity index (χ4v) is 5.78. The zero-order valence-corrected chi connectivity index (χ0v) is 19.0. The predicted octanol–water partition coefficient (Wildman–Crippen LogP) is 7.35. The summed E-state index contributed by atoms with van der Waals surface area (Å²) < 4.78 is 0. The third kappa shape index (κ3) is 4.96. The second-order valence-corrected chi connectivity index (χ2v) is 11.3. The van der Waals surface area contributed by atoms with Gasteiger partial charge >= 0.3 is 0 Å². The van der Waals surface area contributed by atoms with E-state index >= 15 is 0 Å². The molecular weight excluding hydrogens is 311 g/mol. The van der Waals surface area contributed by atoms with Crippen molar-refractivity contribution in [3.63, 3.8) is 0 Å². The maximum atomic E-state index is 6.70. The molecule has 0 fully saturated rings. The van der Waals surface area contributed by atoms with Gasteiger partial charge in [-0.1, -0.05) is 79.6 Å². The third-order valence-corrected chi connectivity index (χ3v) is 6.17. The van der Waals surface area contributed by atoms with E-state index in [2.05, 4.69) is 68.4 Å². The molecule has 0 saturated carbocycles. The highest BCUT2D eigenvalue weighted by Crippen LogP contribution is 2.47. The van der Waals surface area contributed by atoms with E-state index in [0.717, 1.165) is 19.3 Å². The zero-order chi connectivity index (χ0) is 19.9. The molecule has 1 heteroatoms. The third-order valence-electron chi connectivity index (χ3n) is 6.17. The molecule has 0 heterocycles. The van der Waals surface area contributed by atoms with E-state index in [1.54, 1.807) is 16.7 Å². The first-order valence-corrected chi connectivity index (χ1v) is 10.7. The van der Waals surface area contributed by atoms with Gasteiger partial charge in [0, 0.05) is 0 Å². The molecule has 2 rings (SSSR count). The van der Waals surface area contributed by atoms with E-state index in [0.29, 0.717) is 16.7 Å². The maximum absolute atomic E-state index is 6.70. The van der Waals surface area contributed by atoms with Crippen molar-refractivity contribution >= 4 is 7.85 Å². The SMILES string of the molecule is [B]C(C)(CCC)Cc1c(C)cc2c(c1C(C)C)CC(C)(C)CC(C)(C)C2. The van der Waals surface area contributed by atoms with Crippen LogP contribution in [-0.4, -0.2) is 7.85 Å². The Labute approximate surface area is 165 Å². The first-order valence-electron chi connectivity index (χ1n) is 10.7. The highest BCUT2D eigenvalue weighted by molar-refractivity contribution is 6.15. The number of aryl methyl sites for hydroxylation is 1. The molecule has 1 atom stereocenters. The van der Waals surface area contributed by atoms with Gasteiger partial charge in [0.2, 0.25) is 0 Å². The van der Waals surface area contributed by atoms with Crippen molar-refractivity contribution in [2.75, 3.05) is 0 Å². The Balaban J connectivity index is 2.65. The van der Waals surface area contributed by atoms with Crippen LogP contribution in [0.25, 0.3) is 0 Å². The summed E-state index contributed by atoms with van der Waals surface area (Å²) in [5, 5.41) is -0.114. The van der Waals surface area contributed by atoms with E-state index in [-0.39, 0.29) is 5.31 Å². The van der Waals surface area contributed by atoms with Crippen molar-refractivity contribution in [2.45, 2.75) is 112 Å². The molecule has 1 aromatic rings. The molecule has 0 spiro atoms. The molecule has 26 heavy (non-hydrogen) atoms. The topological polar surface area (TPSA) is 0 Å². The molecule has 1 aliphatic carbocycles. The Hall–Kier alpha value is -0.715. The fourth-order valence-electron chi connectivity index (χ4n) is 5.78. The van der Waals surface area contributed by atoms with Crippen molar-refractivity contribution in [2.24, 2.45) is 10.8 Å². The molecule has 0 saturated heterocycles. The Morgan fingerprint density at radius 2 is 1.69 bits per heavy atom. The van der Waals surface area contributed by atoms with Gasteiger partial charge in [0.05, 0.1) is 7.85 Å². The second-order valence-electron chi connectivity index (χ2n) is 11.3. The van der Waals surface area contributed by atoms with E-state index in [1.807, 2.05) is 0 Å². The lowest BCUT2D eigenvalue weighted by atomic mass is 9.62. The quantitative estimate of drug-likeness (QED) is 0.384. The number of benzene rings is 1. The Kier molecular flexibility index (Phi) is 6.11. The van der Waals surface area contributed by atoms with Gasteiger partial charge in [-0.15, -0.1) is 0 Å². The van der Waals surface area contributed by atoms with Crippen molar-refractivity contribution in [1.29, 1.82) is 0 Å². The van der Waals surface area contributed by atoms with Crippen LogP contribution in [0.5, 0.6) is 0 Å². The van der Waals surface area contributed by atoms with E-state index in [1.165, 1.54) is 30.4 Å². The minimum Gasteiger partial charge on any atom is -0.0673 e. The van der Waals surface area contributed by atoms with E-state index < -0.39 is 0 Å². The van der Waals surface area contributed by atoms with Gasteiger partial charge in [-0.05, 0) is 77.2 Å². The Morgan fingerprint density at radius 3 is 2.23 bits per heavy atom. The molecule has 0 aromatic heterocycles. The number of hydrogen-bond acceptors (Lipinski definition) is 0. The van der Waals surface area contributed by atoms with Crippen LogP contribution in [0.15, 0.2) is 6.07 Å². The summed E-state index contributed by atoms with van der Waals surface area (Å²) in [4.78, 5) is 0. The van der Waals surface area contributed by atoms with Gasteiger partial charge in [-0.2, -0.15) is 0 Å². The number of rotatable bonds is 5. The van der Waals surface area contributed by atoms with Crippen LogP contribution in [0.1, 0.15) is 108 Å². The van der Waals surface area contributed by atoms with Gasteiger partial charge in [0.15, 0.2) is 0 Å². The maximum Gasteiger partial charge on any atom is 0.0747 e. The lowest BCUT2D eigenvalue weighted by molar-refractivity contribution is 0.204. The zero-order valence-electron chi connectivity index (χ0n) is 19.0. The Morgan fingerprint density at radius 1 is 1.12 bits per heavy atom. The highest BCUT2D eigenvalue weighted by Gasteiger charge is 2.36. The first kappa shape index (κ1) is 21.6. The molecule has 1 unspecified atom stereocenters. The van der Waals surface area contributed by atoms with Crippen molar-refractivity contribution in [3.8, 4) is 0 Å². The molecule has 2 radical (unpaired) electrons. The molecule has 0 N–H and O–H groups in total. The summed E-state index contributed by atoms with van der Waals surface area (Å²) in [6, 6.07) is 2.50. The van der Waals surface area contributed by atoms with Crippen LogP contribution in [0.4, 0.5) is 0 Å². The summed E-state index contributed by atoms with van der Waals surface area (Å²) in [5.41, 5.74) is 8.55. The van der Waals surface area contributed by atoms with Gasteiger partial charge in [-0.3, -0.25) is 0 Å². The van der Waals surface area contributed by atoms with E-state index in [4.69, 9.17) is 7.85 Å². The Bertz CT molecular complexity index is 647. The molecule has 1 aliphatic rings. The summed E-state index contributed by atoms with van der Waals surface area (Å²) in [6.45, 7) is 21.3. The lowest BCUT2D eigenvalue weighted by Gasteiger charge is -2.32. The molecule has 144 valence electrons. The summed E-state index contributed by atoms with van der Waals surface area (Å²) >= 11 is 0. The summed E-state index contributed by atoms with van der Waals surface area (Å²) in [7, 11) is 6.70. The van der Waals surface area contributed by atoms with Gasteiger partial charge in [0.1, 0.15) is 0 Å². The van der Waals surface area contributed by atoms with Crippen molar-refractivity contribution in [1.82, 2.24) is 0 Å². The average Bonchev–Trinajstić information content (AvgIpc) is 2.49. The van der Waals surface area contributed by atoms with Gasteiger partial charge < -0.3 is 0 Å². The monoisotopic (exact) mass is 352 g/mol. The van der Waals surface area contributed by atoms with Crippen LogP contribution >= 0.6 is 0 Å². The van der Waals surface area contributed by atoms with Crippen LogP contribution in [0.3, 0.4) is 0 Å². The molecule has 0 aliphatic heterocycles. The smallest absolute Gasteiger partial charge is 0.0673 e. The average molecular weight is 352 g/mol.